The number of thiazole rings is 1. The molecule has 4 aromatic rings. The summed E-state index contributed by atoms with van der Waals surface area (Å²) >= 11 is 1.54. The predicted molar refractivity (Wildman–Crippen MR) is 124 cm³/mol. The van der Waals surface area contributed by atoms with Crippen molar-refractivity contribution in [1.82, 2.24) is 0 Å². The average Bonchev–Trinajstić information content (AvgIpc) is 3.21. The molecule has 162 valence electrons. The summed E-state index contributed by atoms with van der Waals surface area (Å²) in [6.07, 6.45) is -0.844. The van der Waals surface area contributed by atoms with Gasteiger partial charge in [-0.3, -0.25) is 10.1 Å². The van der Waals surface area contributed by atoms with Crippen molar-refractivity contribution in [2.45, 2.75) is 12.6 Å². The molecule has 4 rings (SSSR count). The van der Waals surface area contributed by atoms with E-state index < -0.39 is 11.0 Å². The van der Waals surface area contributed by atoms with Crippen LogP contribution in [0.5, 0.6) is 5.75 Å². The van der Waals surface area contributed by atoms with Gasteiger partial charge in [-0.15, -0.1) is 0 Å². The number of nitro groups is 1. The van der Waals surface area contributed by atoms with Gasteiger partial charge in [0.25, 0.3) is 5.69 Å². The van der Waals surface area contributed by atoms with E-state index >= 15 is 0 Å². The first-order valence-corrected chi connectivity index (χ1v) is 10.8. The van der Waals surface area contributed by atoms with Crippen LogP contribution in [-0.4, -0.2) is 17.1 Å². The third-order valence-corrected chi connectivity index (χ3v) is 5.96. The van der Waals surface area contributed by atoms with E-state index in [1.54, 1.807) is 19.2 Å². The zero-order chi connectivity index (χ0) is 22.5. The van der Waals surface area contributed by atoms with Gasteiger partial charge in [0, 0.05) is 23.1 Å². The van der Waals surface area contributed by atoms with Crippen LogP contribution in [0.25, 0.3) is 11.3 Å². The van der Waals surface area contributed by atoms with Crippen LogP contribution in [0.2, 0.25) is 0 Å². The van der Waals surface area contributed by atoms with Gasteiger partial charge in [0.1, 0.15) is 29.8 Å². The summed E-state index contributed by atoms with van der Waals surface area (Å²) in [5.41, 5.74) is 3.47. The Hall–Kier alpha value is -3.75. The second-order valence-corrected chi connectivity index (χ2v) is 7.98. The number of anilines is 2. The number of benzene rings is 3. The van der Waals surface area contributed by atoms with Crippen LogP contribution in [-0.2, 0) is 6.54 Å². The fourth-order valence-electron chi connectivity index (χ4n) is 3.35. The van der Waals surface area contributed by atoms with E-state index in [1.807, 2.05) is 64.5 Å². The Morgan fingerprint density at radius 2 is 1.75 bits per heavy atom. The van der Waals surface area contributed by atoms with Crippen LogP contribution in [0.15, 0.2) is 84.2 Å². The van der Waals surface area contributed by atoms with Crippen molar-refractivity contribution in [2.24, 2.45) is 0 Å². The Bertz CT molecular complexity index is 1190. The van der Waals surface area contributed by atoms with Crippen LogP contribution >= 0.6 is 11.3 Å². The summed E-state index contributed by atoms with van der Waals surface area (Å²) in [6.45, 7) is 0.276. The first kappa shape index (κ1) is 21.5. The van der Waals surface area contributed by atoms with Gasteiger partial charge in [0.15, 0.2) is 0 Å². The molecule has 0 spiro atoms. The molecule has 0 aliphatic carbocycles. The first-order chi connectivity index (χ1) is 15.5. The fraction of sp³-hybridized carbons (Fsp3) is 0.125. The zero-order valence-electron chi connectivity index (χ0n) is 17.3. The second kappa shape index (κ2) is 9.59. The molecule has 1 heterocycles. The number of methoxy groups -OCH3 is 1. The summed E-state index contributed by atoms with van der Waals surface area (Å²) in [7, 11) is 1.63. The lowest BCUT2D eigenvalue weighted by Crippen LogP contribution is -2.39. The van der Waals surface area contributed by atoms with Gasteiger partial charge in [0.2, 0.25) is 0 Å². The summed E-state index contributed by atoms with van der Waals surface area (Å²) in [4.78, 5) is 10.5. The largest absolute Gasteiger partial charge is 0.497 e. The second-order valence-electron chi connectivity index (χ2n) is 7.12. The molecule has 7 nitrogen and oxygen atoms in total. The van der Waals surface area contributed by atoms with E-state index in [4.69, 9.17) is 4.74 Å². The number of nitrogens with one attached hydrogen (secondary N) is 1. The van der Waals surface area contributed by atoms with Crippen molar-refractivity contribution in [1.29, 1.82) is 0 Å². The lowest BCUT2D eigenvalue weighted by Gasteiger charge is -2.12. The molecule has 8 heteroatoms. The van der Waals surface area contributed by atoms with Crippen molar-refractivity contribution in [3.63, 3.8) is 0 Å². The Morgan fingerprint density at radius 1 is 1.06 bits per heavy atom. The van der Waals surface area contributed by atoms with E-state index in [0.29, 0.717) is 5.56 Å². The third kappa shape index (κ3) is 4.77. The van der Waals surface area contributed by atoms with Crippen LogP contribution in [0, 0.1) is 10.1 Å². The van der Waals surface area contributed by atoms with Crippen molar-refractivity contribution in [3.8, 4) is 17.0 Å². The summed E-state index contributed by atoms with van der Waals surface area (Å²) < 4.78 is 7.28. The number of non-ortho nitro benzene ring substituents is 1. The van der Waals surface area contributed by atoms with Gasteiger partial charge in [-0.25, -0.2) is 9.88 Å². The highest BCUT2D eigenvalue weighted by Gasteiger charge is 2.23. The third-order valence-electron chi connectivity index (χ3n) is 5.07. The molecular weight excluding hydrogens is 426 g/mol. The van der Waals surface area contributed by atoms with Crippen LogP contribution in [0.1, 0.15) is 11.7 Å². The van der Waals surface area contributed by atoms with E-state index in [2.05, 4.69) is 5.32 Å². The number of hydrogen-bond donors (Lipinski definition) is 2. The minimum atomic E-state index is -0.844. The maximum atomic E-state index is 10.9. The normalized spacial score (nSPS) is 11.7. The lowest BCUT2D eigenvalue weighted by atomic mass is 10.1. The molecule has 0 aliphatic heterocycles. The standard InChI is InChI=1S/C24H21N3O4S/c1-31-21-13-9-17(10-14-21)22-16-32-24(25-19-5-3-2-4-6-19)26(22)15-23(28)18-7-11-20(12-8-18)27(29)30/h2-14,16,23,28H,15H2,1H3/p+1/t23-/m1/s1. The number of nitro benzene ring substituents is 1. The molecule has 3 aromatic carbocycles. The maximum Gasteiger partial charge on any atom is 0.339 e. The number of aliphatic hydroxyl groups excluding tert-OH is 1. The molecule has 32 heavy (non-hydrogen) atoms. The molecule has 0 saturated carbocycles. The summed E-state index contributed by atoms with van der Waals surface area (Å²) in [6, 6.07) is 23.6. The highest BCUT2D eigenvalue weighted by atomic mass is 32.1. The monoisotopic (exact) mass is 448 g/mol. The fourth-order valence-corrected chi connectivity index (χ4v) is 4.32. The molecule has 0 fully saturated rings. The molecular formula is C24H22N3O4S+. The number of aliphatic hydroxyl groups is 1. The van der Waals surface area contributed by atoms with E-state index in [1.165, 1.54) is 23.5 Å². The number of ether oxygens (including phenoxy) is 1. The molecule has 0 bridgehead atoms. The molecule has 0 unspecified atom stereocenters. The van der Waals surface area contributed by atoms with Gasteiger partial charge in [-0.1, -0.05) is 29.5 Å². The summed E-state index contributed by atoms with van der Waals surface area (Å²) in [5.74, 6) is 0.768. The lowest BCUT2D eigenvalue weighted by molar-refractivity contribution is -0.676. The van der Waals surface area contributed by atoms with Crippen LogP contribution in [0.4, 0.5) is 16.5 Å². The molecule has 0 aliphatic rings. The first-order valence-electron chi connectivity index (χ1n) is 9.95. The number of hydrogen-bond acceptors (Lipinski definition) is 6. The van der Waals surface area contributed by atoms with Crippen LogP contribution in [0.3, 0.4) is 0 Å². The smallest absolute Gasteiger partial charge is 0.339 e. The van der Waals surface area contributed by atoms with Crippen molar-refractivity contribution in [2.75, 3.05) is 12.4 Å². The average molecular weight is 449 g/mol. The van der Waals surface area contributed by atoms with Gasteiger partial charge in [-0.2, -0.15) is 0 Å². The number of rotatable bonds is 8. The molecule has 0 saturated heterocycles. The number of nitrogens with zero attached hydrogens (tertiary/aromatic N) is 2. The SMILES string of the molecule is COc1ccc(-c2csc(Nc3ccccc3)[n+]2C[C@@H](O)c2ccc([N+](=O)[O-])cc2)cc1. The summed E-state index contributed by atoms with van der Waals surface area (Å²) in [5, 5.41) is 28.2. The molecule has 0 radical (unpaired) electrons. The maximum absolute atomic E-state index is 10.9. The van der Waals surface area contributed by atoms with E-state index in [-0.39, 0.29) is 12.2 Å². The Labute approximate surface area is 189 Å². The van der Waals surface area contributed by atoms with E-state index in [0.717, 1.165) is 27.8 Å². The molecule has 1 atom stereocenters. The predicted octanol–water partition coefficient (Wildman–Crippen LogP) is 5.10. The number of para-hydroxylation sites is 1. The minimum Gasteiger partial charge on any atom is -0.497 e. The highest BCUT2D eigenvalue weighted by molar-refractivity contribution is 7.13. The minimum absolute atomic E-state index is 0.00510. The van der Waals surface area contributed by atoms with Crippen molar-refractivity contribution < 1.29 is 19.3 Å². The molecule has 0 amide bonds. The van der Waals surface area contributed by atoms with Gasteiger partial charge in [-0.05, 0) is 54.1 Å². The van der Waals surface area contributed by atoms with Gasteiger partial charge >= 0.3 is 5.13 Å². The molecule has 2 N–H and O–H groups in total. The molecule has 1 aromatic heterocycles. The number of aromatic nitrogens is 1. The van der Waals surface area contributed by atoms with Gasteiger partial charge < -0.3 is 9.84 Å². The topological polar surface area (TPSA) is 88.5 Å². The quantitative estimate of drug-likeness (QED) is 0.223. The van der Waals surface area contributed by atoms with E-state index in [9.17, 15) is 15.2 Å². The van der Waals surface area contributed by atoms with Crippen molar-refractivity contribution >= 4 is 27.8 Å². The van der Waals surface area contributed by atoms with Crippen LogP contribution < -0.4 is 14.6 Å². The van der Waals surface area contributed by atoms with Gasteiger partial charge in [0.05, 0.1) is 12.0 Å². The highest BCUT2D eigenvalue weighted by Crippen LogP contribution is 2.28. The van der Waals surface area contributed by atoms with Crippen molar-refractivity contribution in [3.05, 3.63) is 99.9 Å². The Kier molecular flexibility index (Phi) is 6.44. The zero-order valence-corrected chi connectivity index (χ0v) is 18.2. The Balaban J connectivity index is 1.67. The Morgan fingerprint density at radius 3 is 2.38 bits per heavy atom.